The van der Waals surface area contributed by atoms with Gasteiger partial charge in [0.25, 0.3) is 0 Å². The standard InChI is InChI=1S/C48H30S/c1-2-13-34-30-35(29-24-31(34)12-1)36-14-3-4-15-38(36)47-41-18-7-5-16-39(41)46(40-17-6-8-19-42(40)47)33-27-25-32(26-28-33)37-21-11-23-45-48(37)43-20-9-10-22-44(43)49-45/h1-30H/i1D,23D. The Labute approximate surface area is 292 Å². The first kappa shape index (κ1) is 26.0. The normalized spacial score (nSPS) is 12.2. The largest absolute Gasteiger partial charge is 0.135 e. The lowest BCUT2D eigenvalue weighted by molar-refractivity contribution is 1.62. The molecular formula is C48H30S. The highest BCUT2D eigenvalue weighted by Crippen LogP contribution is 2.47. The molecule has 228 valence electrons. The maximum atomic E-state index is 8.64. The Morgan fingerprint density at radius 1 is 0.367 bits per heavy atom. The SMILES string of the molecule is [2H]c1ccc2cc(-c3ccccc3-c3c4ccccc4c(-c4ccc(-c5ccc([2H])c6sc7ccccc7c56)cc4)c4ccccc34)ccc2c1. The van der Waals surface area contributed by atoms with Crippen LogP contribution < -0.4 is 0 Å². The first-order valence-corrected chi connectivity index (χ1v) is 17.5. The van der Waals surface area contributed by atoms with Crippen molar-refractivity contribution >= 4 is 63.8 Å². The molecule has 0 fully saturated rings. The average molecular weight is 641 g/mol. The maximum Gasteiger partial charge on any atom is 0.0638 e. The molecule has 1 heteroatoms. The summed E-state index contributed by atoms with van der Waals surface area (Å²) >= 11 is 1.71. The molecule has 0 radical (unpaired) electrons. The second-order valence-corrected chi connectivity index (χ2v) is 13.7. The van der Waals surface area contributed by atoms with Crippen molar-refractivity contribution in [3.63, 3.8) is 0 Å². The Morgan fingerprint density at radius 2 is 0.959 bits per heavy atom. The summed E-state index contributed by atoms with van der Waals surface area (Å²) in [5.41, 5.74) is 9.52. The molecule has 49 heavy (non-hydrogen) atoms. The predicted molar refractivity (Wildman–Crippen MR) is 214 cm³/mol. The highest BCUT2D eigenvalue weighted by Gasteiger charge is 2.19. The van der Waals surface area contributed by atoms with E-state index in [9.17, 15) is 0 Å². The smallest absolute Gasteiger partial charge is 0.0638 e. The van der Waals surface area contributed by atoms with Crippen molar-refractivity contribution in [2.45, 2.75) is 0 Å². The summed E-state index contributed by atoms with van der Waals surface area (Å²) in [6.45, 7) is 0. The van der Waals surface area contributed by atoms with E-state index in [0.29, 0.717) is 12.1 Å². The third-order valence-electron chi connectivity index (χ3n) is 9.94. The molecule has 0 nitrogen and oxygen atoms in total. The number of benzene rings is 9. The molecule has 0 bridgehead atoms. The highest BCUT2D eigenvalue weighted by molar-refractivity contribution is 7.25. The summed E-state index contributed by atoms with van der Waals surface area (Å²) in [5.74, 6) is 0. The lowest BCUT2D eigenvalue weighted by Gasteiger charge is -2.20. The van der Waals surface area contributed by atoms with Crippen LogP contribution >= 0.6 is 11.3 Å². The van der Waals surface area contributed by atoms with Crippen molar-refractivity contribution < 1.29 is 2.74 Å². The molecule has 0 unspecified atom stereocenters. The number of rotatable bonds is 4. The molecule has 0 amide bonds. The highest BCUT2D eigenvalue weighted by atomic mass is 32.1. The van der Waals surface area contributed by atoms with Gasteiger partial charge in [-0.2, -0.15) is 0 Å². The molecule has 0 atom stereocenters. The third kappa shape index (κ3) is 4.51. The van der Waals surface area contributed by atoms with Crippen molar-refractivity contribution in [3.8, 4) is 44.5 Å². The lowest BCUT2D eigenvalue weighted by Crippen LogP contribution is -1.93. The molecule has 0 aliphatic heterocycles. The predicted octanol–water partition coefficient (Wildman–Crippen LogP) is 14.2. The van der Waals surface area contributed by atoms with Gasteiger partial charge in [0, 0.05) is 20.2 Å². The van der Waals surface area contributed by atoms with E-state index in [2.05, 4.69) is 146 Å². The zero-order chi connectivity index (χ0) is 34.1. The van der Waals surface area contributed by atoms with Crippen LogP contribution in [0.25, 0.3) is 97.0 Å². The minimum atomic E-state index is 0.527. The van der Waals surface area contributed by atoms with Crippen LogP contribution in [-0.4, -0.2) is 0 Å². The van der Waals surface area contributed by atoms with Crippen LogP contribution in [0.4, 0.5) is 0 Å². The van der Waals surface area contributed by atoms with Crippen molar-refractivity contribution in [1.29, 1.82) is 0 Å². The van der Waals surface area contributed by atoms with Gasteiger partial charge in [-0.05, 0) is 95.0 Å². The minimum absolute atomic E-state index is 0.527. The van der Waals surface area contributed by atoms with E-state index in [4.69, 9.17) is 2.74 Å². The van der Waals surface area contributed by atoms with Crippen LogP contribution in [0.15, 0.2) is 182 Å². The number of thiophene rings is 1. The molecule has 0 saturated carbocycles. The summed E-state index contributed by atoms with van der Waals surface area (Å²) < 4.78 is 19.0. The van der Waals surface area contributed by atoms with Gasteiger partial charge in [-0.1, -0.05) is 164 Å². The quantitative estimate of drug-likeness (QED) is 0.168. The van der Waals surface area contributed by atoms with Crippen LogP contribution in [0.3, 0.4) is 0 Å². The molecule has 0 saturated heterocycles. The van der Waals surface area contributed by atoms with Gasteiger partial charge in [0.2, 0.25) is 0 Å². The molecule has 0 N–H and O–H groups in total. The summed E-state index contributed by atoms with van der Waals surface area (Å²) in [6, 6.07) is 61.5. The number of hydrogen-bond acceptors (Lipinski definition) is 1. The van der Waals surface area contributed by atoms with Crippen LogP contribution in [0, 0.1) is 0 Å². The summed E-state index contributed by atoms with van der Waals surface area (Å²) in [6.07, 6.45) is 0. The van der Waals surface area contributed by atoms with Crippen LogP contribution in [0.2, 0.25) is 0 Å². The van der Waals surface area contributed by atoms with E-state index in [1.807, 2.05) is 24.3 Å². The van der Waals surface area contributed by atoms with Gasteiger partial charge in [-0.15, -0.1) is 11.3 Å². The van der Waals surface area contributed by atoms with Gasteiger partial charge in [0.15, 0.2) is 0 Å². The lowest BCUT2D eigenvalue weighted by atomic mass is 9.83. The van der Waals surface area contributed by atoms with E-state index in [-0.39, 0.29) is 0 Å². The molecule has 10 aromatic rings. The number of fused-ring (bicyclic) bond motifs is 6. The Bertz CT molecular complexity index is 2930. The molecular weight excluding hydrogens is 609 g/mol. The van der Waals surface area contributed by atoms with Gasteiger partial charge < -0.3 is 0 Å². The zero-order valence-electron chi connectivity index (χ0n) is 28.6. The molecule has 0 spiro atoms. The van der Waals surface area contributed by atoms with E-state index >= 15 is 0 Å². The molecule has 9 aromatic carbocycles. The molecule has 0 aliphatic carbocycles. The van der Waals surface area contributed by atoms with Crippen molar-refractivity contribution in [2.75, 3.05) is 0 Å². The summed E-state index contributed by atoms with van der Waals surface area (Å²) in [7, 11) is 0. The van der Waals surface area contributed by atoms with E-state index in [0.717, 1.165) is 26.6 Å². The zero-order valence-corrected chi connectivity index (χ0v) is 27.4. The minimum Gasteiger partial charge on any atom is -0.135 e. The van der Waals surface area contributed by atoms with Crippen molar-refractivity contribution in [1.82, 2.24) is 0 Å². The first-order chi connectivity index (χ1) is 25.1. The Balaban J connectivity index is 1.17. The van der Waals surface area contributed by atoms with Crippen molar-refractivity contribution in [3.05, 3.63) is 182 Å². The van der Waals surface area contributed by atoms with Crippen LogP contribution in [-0.2, 0) is 0 Å². The monoisotopic (exact) mass is 640 g/mol. The Morgan fingerprint density at radius 3 is 1.71 bits per heavy atom. The second kappa shape index (κ2) is 11.3. The molecule has 1 aromatic heterocycles. The Kier molecular flexibility index (Phi) is 6.00. The first-order valence-electron chi connectivity index (χ1n) is 17.7. The third-order valence-corrected chi connectivity index (χ3v) is 11.0. The van der Waals surface area contributed by atoms with Crippen molar-refractivity contribution in [2.24, 2.45) is 0 Å². The average Bonchev–Trinajstić information content (AvgIpc) is 3.58. The second-order valence-electron chi connectivity index (χ2n) is 12.6. The molecule has 0 aliphatic rings. The Hall–Kier alpha value is -6.02. The van der Waals surface area contributed by atoms with Gasteiger partial charge >= 0.3 is 0 Å². The van der Waals surface area contributed by atoms with E-state index in [1.165, 1.54) is 70.4 Å². The molecule has 10 rings (SSSR count). The summed E-state index contributed by atoms with van der Waals surface area (Å²) in [4.78, 5) is 0. The van der Waals surface area contributed by atoms with Gasteiger partial charge in [-0.3, -0.25) is 0 Å². The van der Waals surface area contributed by atoms with E-state index in [1.54, 1.807) is 11.3 Å². The maximum absolute atomic E-state index is 8.64. The molecule has 1 heterocycles. The fourth-order valence-electron chi connectivity index (χ4n) is 7.73. The van der Waals surface area contributed by atoms with Crippen LogP contribution in [0.5, 0.6) is 0 Å². The van der Waals surface area contributed by atoms with Gasteiger partial charge in [0.05, 0.1) is 2.74 Å². The fraction of sp³-hybridized carbons (Fsp3) is 0. The topological polar surface area (TPSA) is 0 Å². The van der Waals surface area contributed by atoms with Gasteiger partial charge in [-0.25, -0.2) is 0 Å². The summed E-state index contributed by atoms with van der Waals surface area (Å²) in [5, 5.41) is 9.48. The van der Waals surface area contributed by atoms with Crippen LogP contribution in [0.1, 0.15) is 2.74 Å². The number of hydrogen-bond donors (Lipinski definition) is 0. The van der Waals surface area contributed by atoms with E-state index < -0.39 is 0 Å². The van der Waals surface area contributed by atoms with Gasteiger partial charge in [0.1, 0.15) is 0 Å². The fourth-order valence-corrected chi connectivity index (χ4v) is 8.83.